The summed E-state index contributed by atoms with van der Waals surface area (Å²) < 4.78 is 31.1. The molecular formula is C14H14F2N2O2. The number of furan rings is 1. The van der Waals surface area contributed by atoms with E-state index >= 15 is 0 Å². The van der Waals surface area contributed by atoms with Crippen LogP contribution in [-0.4, -0.2) is 12.5 Å². The van der Waals surface area contributed by atoms with Crippen molar-refractivity contribution in [3.8, 4) is 0 Å². The van der Waals surface area contributed by atoms with E-state index in [0.717, 1.165) is 17.9 Å². The maximum atomic E-state index is 13.3. The highest BCUT2D eigenvalue weighted by molar-refractivity contribution is 5.90. The normalized spacial score (nSPS) is 10.5. The molecule has 1 aromatic carbocycles. The molecule has 4 nitrogen and oxygen atoms in total. The summed E-state index contributed by atoms with van der Waals surface area (Å²) in [6, 6.07) is 6.61. The van der Waals surface area contributed by atoms with E-state index < -0.39 is 11.6 Å². The number of hydrogen-bond acceptors (Lipinski definition) is 3. The van der Waals surface area contributed by atoms with E-state index in [1.807, 2.05) is 6.07 Å². The van der Waals surface area contributed by atoms with Crippen molar-refractivity contribution >= 4 is 11.6 Å². The summed E-state index contributed by atoms with van der Waals surface area (Å²) in [5, 5.41) is 5.41. The largest absolute Gasteiger partial charge is 0.468 e. The van der Waals surface area contributed by atoms with Crippen LogP contribution in [0.3, 0.4) is 0 Å². The van der Waals surface area contributed by atoms with Crippen molar-refractivity contribution in [1.29, 1.82) is 0 Å². The molecule has 0 aliphatic carbocycles. The molecule has 1 amide bonds. The number of anilines is 1. The second kappa shape index (κ2) is 6.81. The van der Waals surface area contributed by atoms with Crippen molar-refractivity contribution in [1.82, 2.24) is 5.32 Å². The number of halogens is 2. The van der Waals surface area contributed by atoms with Crippen molar-refractivity contribution in [3.05, 3.63) is 54.0 Å². The van der Waals surface area contributed by atoms with Crippen LogP contribution >= 0.6 is 0 Å². The van der Waals surface area contributed by atoms with E-state index in [9.17, 15) is 13.6 Å². The van der Waals surface area contributed by atoms with Gasteiger partial charge in [-0.15, -0.1) is 0 Å². The topological polar surface area (TPSA) is 54.3 Å². The van der Waals surface area contributed by atoms with Gasteiger partial charge in [-0.3, -0.25) is 4.79 Å². The zero-order chi connectivity index (χ0) is 14.4. The Morgan fingerprint density at radius 3 is 2.80 bits per heavy atom. The molecule has 0 saturated carbocycles. The van der Waals surface area contributed by atoms with E-state index in [1.54, 1.807) is 12.3 Å². The molecule has 0 radical (unpaired) electrons. The van der Waals surface area contributed by atoms with E-state index in [-0.39, 0.29) is 18.0 Å². The zero-order valence-corrected chi connectivity index (χ0v) is 10.7. The SMILES string of the molecule is O=C(CCNCc1ccco1)Nc1ccc(F)cc1F. The van der Waals surface area contributed by atoms with Crippen molar-refractivity contribution in [3.63, 3.8) is 0 Å². The fraction of sp³-hybridized carbons (Fsp3) is 0.214. The minimum absolute atomic E-state index is 0.0255. The highest BCUT2D eigenvalue weighted by atomic mass is 19.1. The fourth-order valence-corrected chi connectivity index (χ4v) is 1.63. The van der Waals surface area contributed by atoms with Crippen LogP contribution in [0, 0.1) is 11.6 Å². The molecule has 0 aliphatic heterocycles. The van der Waals surface area contributed by atoms with Crippen molar-refractivity contribution in [2.45, 2.75) is 13.0 Å². The first kappa shape index (κ1) is 14.2. The molecule has 0 spiro atoms. The molecule has 2 rings (SSSR count). The van der Waals surface area contributed by atoms with Gasteiger partial charge in [-0.1, -0.05) is 0 Å². The second-order valence-electron chi connectivity index (χ2n) is 4.18. The third kappa shape index (κ3) is 4.17. The van der Waals surface area contributed by atoms with E-state index in [2.05, 4.69) is 10.6 Å². The fourth-order valence-electron chi connectivity index (χ4n) is 1.63. The first-order chi connectivity index (χ1) is 9.65. The minimum Gasteiger partial charge on any atom is -0.468 e. The summed E-state index contributed by atoms with van der Waals surface area (Å²) in [4.78, 5) is 11.6. The Morgan fingerprint density at radius 1 is 1.25 bits per heavy atom. The minimum atomic E-state index is -0.790. The van der Waals surface area contributed by atoms with Gasteiger partial charge in [0.05, 0.1) is 18.5 Å². The first-order valence-corrected chi connectivity index (χ1v) is 6.13. The van der Waals surface area contributed by atoms with Crippen LogP contribution in [0.4, 0.5) is 14.5 Å². The number of amides is 1. The Hall–Kier alpha value is -2.21. The standard InChI is InChI=1S/C14H14F2N2O2/c15-10-3-4-13(12(16)8-10)18-14(19)5-6-17-9-11-2-1-7-20-11/h1-4,7-8,17H,5-6,9H2,(H,18,19). The number of carbonyl (C=O) groups excluding carboxylic acids is 1. The van der Waals surface area contributed by atoms with Gasteiger partial charge in [-0.2, -0.15) is 0 Å². The third-order valence-electron chi connectivity index (χ3n) is 2.61. The van der Waals surface area contributed by atoms with Gasteiger partial charge in [0, 0.05) is 19.0 Å². The number of hydrogen-bond donors (Lipinski definition) is 2. The van der Waals surface area contributed by atoms with Crippen LogP contribution in [0.5, 0.6) is 0 Å². The number of carbonyl (C=O) groups is 1. The van der Waals surface area contributed by atoms with E-state index in [1.165, 1.54) is 6.07 Å². The molecular weight excluding hydrogens is 266 g/mol. The van der Waals surface area contributed by atoms with Crippen LogP contribution in [0.2, 0.25) is 0 Å². The van der Waals surface area contributed by atoms with Gasteiger partial charge in [0.15, 0.2) is 0 Å². The summed E-state index contributed by atoms with van der Waals surface area (Å²) in [7, 11) is 0. The summed E-state index contributed by atoms with van der Waals surface area (Å²) in [6.45, 7) is 0.945. The van der Waals surface area contributed by atoms with Crippen molar-refractivity contribution in [2.75, 3.05) is 11.9 Å². The van der Waals surface area contributed by atoms with Crippen molar-refractivity contribution < 1.29 is 18.0 Å². The molecule has 0 atom stereocenters. The van der Waals surface area contributed by atoms with Gasteiger partial charge in [-0.05, 0) is 24.3 Å². The van der Waals surface area contributed by atoms with Gasteiger partial charge in [0.2, 0.25) is 5.91 Å². The molecule has 0 fully saturated rings. The molecule has 1 heterocycles. The van der Waals surface area contributed by atoms with E-state index in [0.29, 0.717) is 13.1 Å². The highest BCUT2D eigenvalue weighted by Crippen LogP contribution is 2.14. The van der Waals surface area contributed by atoms with Gasteiger partial charge in [0.25, 0.3) is 0 Å². The van der Waals surface area contributed by atoms with Gasteiger partial charge >= 0.3 is 0 Å². The quantitative estimate of drug-likeness (QED) is 0.800. The molecule has 0 unspecified atom stereocenters. The van der Waals surface area contributed by atoms with Crippen LogP contribution in [0.25, 0.3) is 0 Å². The van der Waals surface area contributed by atoms with Gasteiger partial charge < -0.3 is 15.1 Å². The molecule has 106 valence electrons. The molecule has 1 aromatic heterocycles. The summed E-state index contributed by atoms with van der Waals surface area (Å²) in [6.07, 6.45) is 1.75. The summed E-state index contributed by atoms with van der Waals surface area (Å²) in [5.74, 6) is -1.04. The Morgan fingerprint density at radius 2 is 2.10 bits per heavy atom. The lowest BCUT2D eigenvalue weighted by atomic mass is 10.3. The first-order valence-electron chi connectivity index (χ1n) is 6.13. The molecule has 20 heavy (non-hydrogen) atoms. The Kier molecular flexibility index (Phi) is 4.84. The summed E-state index contributed by atoms with van der Waals surface area (Å²) in [5.41, 5.74) is -0.0255. The summed E-state index contributed by atoms with van der Waals surface area (Å²) >= 11 is 0. The Labute approximate surface area is 114 Å². The average molecular weight is 280 g/mol. The van der Waals surface area contributed by atoms with Crippen LogP contribution in [-0.2, 0) is 11.3 Å². The maximum Gasteiger partial charge on any atom is 0.225 e. The number of nitrogens with one attached hydrogen (secondary N) is 2. The van der Waals surface area contributed by atoms with Gasteiger partial charge in [-0.25, -0.2) is 8.78 Å². The number of benzene rings is 1. The predicted molar refractivity (Wildman–Crippen MR) is 70.0 cm³/mol. The van der Waals surface area contributed by atoms with Crippen LogP contribution < -0.4 is 10.6 Å². The molecule has 0 bridgehead atoms. The van der Waals surface area contributed by atoms with Gasteiger partial charge in [0.1, 0.15) is 17.4 Å². The highest BCUT2D eigenvalue weighted by Gasteiger charge is 2.07. The average Bonchev–Trinajstić information content (AvgIpc) is 2.91. The van der Waals surface area contributed by atoms with Crippen molar-refractivity contribution in [2.24, 2.45) is 0 Å². The van der Waals surface area contributed by atoms with Crippen LogP contribution in [0.1, 0.15) is 12.2 Å². The molecule has 0 aliphatic rings. The predicted octanol–water partition coefficient (Wildman–Crippen LogP) is 2.68. The maximum absolute atomic E-state index is 13.3. The molecule has 2 N–H and O–H groups in total. The second-order valence-corrected chi connectivity index (χ2v) is 4.18. The molecule has 2 aromatic rings. The zero-order valence-electron chi connectivity index (χ0n) is 10.7. The Balaban J connectivity index is 1.72. The third-order valence-corrected chi connectivity index (χ3v) is 2.61. The molecule has 0 saturated heterocycles. The van der Waals surface area contributed by atoms with E-state index in [4.69, 9.17) is 4.42 Å². The monoisotopic (exact) mass is 280 g/mol. The Bertz CT molecular complexity index is 571. The molecule has 6 heteroatoms. The van der Waals surface area contributed by atoms with Crippen LogP contribution in [0.15, 0.2) is 41.0 Å². The lowest BCUT2D eigenvalue weighted by Gasteiger charge is -2.07. The smallest absolute Gasteiger partial charge is 0.225 e. The number of rotatable bonds is 6. The lowest BCUT2D eigenvalue weighted by molar-refractivity contribution is -0.116. The lowest BCUT2D eigenvalue weighted by Crippen LogP contribution is -2.21.